The Morgan fingerprint density at radius 3 is 2.56 bits per heavy atom. The fraction of sp³-hybridized carbons (Fsp3) is 0.231. The van der Waals surface area contributed by atoms with Crippen molar-refractivity contribution in [3.8, 4) is 5.75 Å². The van der Waals surface area contributed by atoms with Crippen molar-refractivity contribution in [3.63, 3.8) is 0 Å². The molecule has 84 valence electrons. The lowest BCUT2D eigenvalue weighted by atomic mass is 10.0. The minimum Gasteiger partial charge on any atom is -0.497 e. The number of benzene rings is 2. The molecule has 2 N–H and O–H groups in total. The van der Waals surface area contributed by atoms with Gasteiger partial charge in [-0.15, -0.1) is 0 Å². The van der Waals surface area contributed by atoms with Gasteiger partial charge in [0.05, 0.1) is 7.11 Å². The largest absolute Gasteiger partial charge is 0.497 e. The lowest BCUT2D eigenvalue weighted by Gasteiger charge is -2.10. The van der Waals surface area contributed by atoms with Crippen LogP contribution in [0, 0.1) is 0 Å². The first-order valence-corrected chi connectivity index (χ1v) is 5.82. The van der Waals surface area contributed by atoms with Crippen LogP contribution in [0.5, 0.6) is 5.75 Å². The van der Waals surface area contributed by atoms with E-state index in [1.165, 1.54) is 5.39 Å². The summed E-state index contributed by atoms with van der Waals surface area (Å²) in [5.74, 6) is 1.53. The molecule has 2 aromatic rings. The van der Waals surface area contributed by atoms with Gasteiger partial charge in [-0.3, -0.25) is 0 Å². The summed E-state index contributed by atoms with van der Waals surface area (Å²) in [6, 6.07) is 12.2. The summed E-state index contributed by atoms with van der Waals surface area (Å²) >= 11 is 4.21. The maximum atomic E-state index is 5.94. The zero-order valence-electron chi connectivity index (χ0n) is 9.18. The van der Waals surface area contributed by atoms with Crippen molar-refractivity contribution in [2.24, 2.45) is 5.73 Å². The van der Waals surface area contributed by atoms with Crippen LogP contribution in [0.25, 0.3) is 10.8 Å². The third kappa shape index (κ3) is 2.15. The van der Waals surface area contributed by atoms with Gasteiger partial charge in [0.1, 0.15) is 5.75 Å². The Kier molecular flexibility index (Phi) is 3.36. The van der Waals surface area contributed by atoms with Crippen LogP contribution in [0.3, 0.4) is 0 Å². The smallest absolute Gasteiger partial charge is 0.119 e. The van der Waals surface area contributed by atoms with E-state index in [0.29, 0.717) is 5.75 Å². The molecule has 0 heterocycles. The van der Waals surface area contributed by atoms with Gasteiger partial charge in [0, 0.05) is 11.8 Å². The highest BCUT2D eigenvalue weighted by molar-refractivity contribution is 7.80. The summed E-state index contributed by atoms with van der Waals surface area (Å²) in [4.78, 5) is 0. The van der Waals surface area contributed by atoms with Gasteiger partial charge in [0.15, 0.2) is 0 Å². The Balaban J connectivity index is 2.47. The Morgan fingerprint density at radius 2 is 1.88 bits per heavy atom. The van der Waals surface area contributed by atoms with Crippen molar-refractivity contribution >= 4 is 23.4 Å². The van der Waals surface area contributed by atoms with Gasteiger partial charge in [0.25, 0.3) is 0 Å². The predicted octanol–water partition coefficient (Wildman–Crippen LogP) is 2.78. The van der Waals surface area contributed by atoms with Crippen LogP contribution in [-0.4, -0.2) is 12.9 Å². The van der Waals surface area contributed by atoms with Crippen molar-refractivity contribution in [3.05, 3.63) is 42.0 Å². The Hall–Kier alpha value is -1.19. The first-order valence-electron chi connectivity index (χ1n) is 5.18. The average Bonchev–Trinajstić information content (AvgIpc) is 2.36. The fourth-order valence-corrected chi connectivity index (χ4v) is 1.92. The number of hydrogen-bond acceptors (Lipinski definition) is 3. The van der Waals surface area contributed by atoms with Crippen molar-refractivity contribution in [2.45, 2.75) is 6.04 Å². The number of fused-ring (bicyclic) bond motifs is 1. The van der Waals surface area contributed by atoms with Crippen LogP contribution in [0.4, 0.5) is 0 Å². The van der Waals surface area contributed by atoms with Gasteiger partial charge in [-0.25, -0.2) is 0 Å². The van der Waals surface area contributed by atoms with E-state index in [4.69, 9.17) is 10.5 Å². The third-order valence-electron chi connectivity index (χ3n) is 2.70. The second kappa shape index (κ2) is 4.76. The average molecular weight is 233 g/mol. The van der Waals surface area contributed by atoms with Crippen LogP contribution in [0.1, 0.15) is 11.6 Å². The molecule has 0 radical (unpaired) electrons. The van der Waals surface area contributed by atoms with Gasteiger partial charge >= 0.3 is 0 Å². The van der Waals surface area contributed by atoms with Crippen molar-refractivity contribution in [2.75, 3.05) is 12.9 Å². The molecule has 0 saturated heterocycles. The molecule has 0 fully saturated rings. The molecule has 1 atom stereocenters. The lowest BCUT2D eigenvalue weighted by Crippen LogP contribution is -2.11. The first kappa shape index (κ1) is 11.3. The van der Waals surface area contributed by atoms with Crippen LogP contribution in [-0.2, 0) is 0 Å². The van der Waals surface area contributed by atoms with E-state index in [9.17, 15) is 0 Å². The summed E-state index contributed by atoms with van der Waals surface area (Å²) < 4.78 is 5.18. The fourth-order valence-electron chi connectivity index (χ4n) is 1.71. The van der Waals surface area contributed by atoms with Gasteiger partial charge < -0.3 is 10.5 Å². The summed E-state index contributed by atoms with van der Waals surface area (Å²) in [5.41, 5.74) is 7.06. The molecule has 2 rings (SSSR count). The molecule has 0 aliphatic heterocycles. The Bertz CT molecular complexity index is 498. The summed E-state index contributed by atoms with van der Waals surface area (Å²) in [5, 5.41) is 2.34. The van der Waals surface area contributed by atoms with E-state index < -0.39 is 0 Å². The topological polar surface area (TPSA) is 35.2 Å². The molecule has 0 aliphatic carbocycles. The van der Waals surface area contributed by atoms with E-state index in [0.717, 1.165) is 16.7 Å². The molecular weight excluding hydrogens is 218 g/mol. The quantitative estimate of drug-likeness (QED) is 0.800. The number of rotatable bonds is 3. The number of thiol groups is 1. The molecule has 0 spiro atoms. The molecule has 16 heavy (non-hydrogen) atoms. The molecule has 0 aliphatic rings. The minimum atomic E-state index is -0.00478. The number of nitrogens with two attached hydrogens (primary N) is 1. The summed E-state index contributed by atoms with van der Waals surface area (Å²) in [6.45, 7) is 0. The standard InChI is InChI=1S/C13H15NOS/c1-15-12-5-4-9-6-11(13(14)8-16)3-2-10(9)7-12/h2-7,13,16H,8,14H2,1H3. The maximum absolute atomic E-state index is 5.94. The molecule has 0 aromatic heterocycles. The first-order chi connectivity index (χ1) is 7.74. The molecule has 0 amide bonds. The predicted molar refractivity (Wildman–Crippen MR) is 71.3 cm³/mol. The molecule has 2 nitrogen and oxygen atoms in total. The molecular formula is C13H15NOS. The Morgan fingerprint density at radius 1 is 1.19 bits per heavy atom. The van der Waals surface area contributed by atoms with E-state index in [2.05, 4.69) is 24.8 Å². The Labute approximate surface area is 101 Å². The van der Waals surface area contributed by atoms with Crippen LogP contribution in [0.15, 0.2) is 36.4 Å². The van der Waals surface area contributed by atoms with Gasteiger partial charge in [-0.05, 0) is 34.5 Å². The van der Waals surface area contributed by atoms with E-state index >= 15 is 0 Å². The summed E-state index contributed by atoms with van der Waals surface area (Å²) in [6.07, 6.45) is 0. The van der Waals surface area contributed by atoms with E-state index in [1.54, 1.807) is 7.11 Å². The molecule has 3 heteroatoms. The van der Waals surface area contributed by atoms with Crippen LogP contribution >= 0.6 is 12.6 Å². The van der Waals surface area contributed by atoms with Gasteiger partial charge in [-0.1, -0.05) is 18.2 Å². The molecule has 0 bridgehead atoms. The zero-order chi connectivity index (χ0) is 11.5. The van der Waals surface area contributed by atoms with E-state index in [1.807, 2.05) is 24.3 Å². The van der Waals surface area contributed by atoms with Gasteiger partial charge in [0.2, 0.25) is 0 Å². The molecule has 0 saturated carbocycles. The number of methoxy groups -OCH3 is 1. The maximum Gasteiger partial charge on any atom is 0.119 e. The zero-order valence-corrected chi connectivity index (χ0v) is 10.1. The number of ether oxygens (including phenoxy) is 1. The van der Waals surface area contributed by atoms with Crippen molar-refractivity contribution in [1.82, 2.24) is 0 Å². The van der Waals surface area contributed by atoms with Crippen LogP contribution in [0.2, 0.25) is 0 Å². The van der Waals surface area contributed by atoms with Gasteiger partial charge in [-0.2, -0.15) is 12.6 Å². The van der Waals surface area contributed by atoms with Crippen molar-refractivity contribution in [1.29, 1.82) is 0 Å². The second-order valence-electron chi connectivity index (χ2n) is 3.76. The van der Waals surface area contributed by atoms with E-state index in [-0.39, 0.29) is 6.04 Å². The highest BCUT2D eigenvalue weighted by atomic mass is 32.1. The molecule has 1 unspecified atom stereocenters. The highest BCUT2D eigenvalue weighted by Crippen LogP contribution is 2.23. The second-order valence-corrected chi connectivity index (χ2v) is 4.13. The van der Waals surface area contributed by atoms with Crippen molar-refractivity contribution < 1.29 is 4.74 Å². The highest BCUT2D eigenvalue weighted by Gasteiger charge is 2.04. The lowest BCUT2D eigenvalue weighted by molar-refractivity contribution is 0.415. The third-order valence-corrected chi connectivity index (χ3v) is 3.09. The molecule has 2 aromatic carbocycles. The number of hydrogen-bond donors (Lipinski definition) is 2. The summed E-state index contributed by atoms with van der Waals surface area (Å²) in [7, 11) is 1.67. The minimum absolute atomic E-state index is 0.00478. The normalized spacial score (nSPS) is 12.7. The van der Waals surface area contributed by atoms with Crippen LogP contribution < -0.4 is 10.5 Å². The SMILES string of the molecule is COc1ccc2cc(C(N)CS)ccc2c1. The monoisotopic (exact) mass is 233 g/mol.